The van der Waals surface area contributed by atoms with E-state index in [1.165, 1.54) is 10.6 Å². The zero-order valence-electron chi connectivity index (χ0n) is 15.2. The molecule has 0 atom stereocenters. The zero-order chi connectivity index (χ0) is 18.7. The van der Waals surface area contributed by atoms with Crippen molar-refractivity contribution in [1.29, 1.82) is 0 Å². The van der Waals surface area contributed by atoms with Crippen LogP contribution in [-0.2, 0) is 6.54 Å². The van der Waals surface area contributed by atoms with Crippen LogP contribution in [0.15, 0.2) is 59.5 Å². The van der Waals surface area contributed by atoms with Gasteiger partial charge < -0.3 is 13.9 Å². The van der Waals surface area contributed by atoms with Gasteiger partial charge in [0, 0.05) is 34.9 Å². The van der Waals surface area contributed by atoms with E-state index < -0.39 is 0 Å². The molecule has 2 heterocycles. The van der Waals surface area contributed by atoms with Gasteiger partial charge in [0.25, 0.3) is 5.56 Å². The topological polar surface area (TPSA) is 53.2 Å². The fourth-order valence-corrected chi connectivity index (χ4v) is 3.13. The van der Waals surface area contributed by atoms with E-state index in [1.54, 1.807) is 18.3 Å². The largest absolute Gasteiger partial charge is 0.494 e. The Kier molecular flexibility index (Phi) is 5.07. The Morgan fingerprint density at radius 1 is 1.08 bits per heavy atom. The summed E-state index contributed by atoms with van der Waals surface area (Å²) in [6.07, 6.45) is 1.63. The van der Waals surface area contributed by atoms with E-state index in [-0.39, 0.29) is 17.9 Å². The van der Waals surface area contributed by atoms with Crippen LogP contribution < -0.4 is 10.3 Å². The number of Topliss-reactive ketones (excluding diaryl/α,β-unsaturated/α-hetero) is 1. The number of benzene rings is 1. The Morgan fingerprint density at radius 3 is 2.46 bits per heavy atom. The second-order valence-corrected chi connectivity index (χ2v) is 6.14. The molecule has 0 saturated heterocycles. The maximum Gasteiger partial charge on any atom is 0.250 e. The zero-order valence-corrected chi connectivity index (χ0v) is 15.2. The Bertz CT molecular complexity index is 981. The maximum absolute atomic E-state index is 12.7. The lowest BCUT2D eigenvalue weighted by molar-refractivity contribution is 0.0970. The van der Waals surface area contributed by atoms with Crippen LogP contribution in [0.3, 0.4) is 0 Å². The van der Waals surface area contributed by atoms with Crippen molar-refractivity contribution in [3.63, 3.8) is 0 Å². The van der Waals surface area contributed by atoms with Crippen LogP contribution in [0.4, 0.5) is 0 Å². The van der Waals surface area contributed by atoms with Crippen LogP contribution in [0, 0.1) is 13.8 Å². The van der Waals surface area contributed by atoms with E-state index in [1.807, 2.05) is 55.7 Å². The molecule has 134 valence electrons. The molecule has 0 aliphatic rings. The first-order valence-electron chi connectivity index (χ1n) is 8.62. The molecule has 0 N–H and O–H groups in total. The van der Waals surface area contributed by atoms with Gasteiger partial charge in [0.05, 0.1) is 13.2 Å². The van der Waals surface area contributed by atoms with E-state index >= 15 is 0 Å². The molecule has 0 fully saturated rings. The number of rotatable bonds is 6. The average molecular weight is 350 g/mol. The van der Waals surface area contributed by atoms with Gasteiger partial charge in [-0.25, -0.2) is 0 Å². The van der Waals surface area contributed by atoms with Gasteiger partial charge in [0.2, 0.25) is 0 Å². The van der Waals surface area contributed by atoms with Crippen molar-refractivity contribution in [1.82, 2.24) is 9.13 Å². The number of nitrogens with zero attached hydrogens (tertiary/aromatic N) is 2. The summed E-state index contributed by atoms with van der Waals surface area (Å²) < 4.78 is 8.94. The lowest BCUT2D eigenvalue weighted by Crippen LogP contribution is -2.22. The van der Waals surface area contributed by atoms with E-state index in [9.17, 15) is 9.59 Å². The highest BCUT2D eigenvalue weighted by Gasteiger charge is 2.17. The number of aromatic nitrogens is 2. The first-order chi connectivity index (χ1) is 12.5. The third-order valence-corrected chi connectivity index (χ3v) is 4.35. The molecule has 0 radical (unpaired) electrons. The van der Waals surface area contributed by atoms with Crippen molar-refractivity contribution in [3.8, 4) is 11.4 Å². The van der Waals surface area contributed by atoms with Gasteiger partial charge in [0.15, 0.2) is 5.78 Å². The van der Waals surface area contributed by atoms with Crippen LogP contribution in [0.1, 0.15) is 28.7 Å². The van der Waals surface area contributed by atoms with Crippen LogP contribution in [0.25, 0.3) is 5.69 Å². The smallest absolute Gasteiger partial charge is 0.250 e. The van der Waals surface area contributed by atoms with Gasteiger partial charge in [-0.2, -0.15) is 0 Å². The van der Waals surface area contributed by atoms with Crippen LogP contribution in [0.5, 0.6) is 5.75 Å². The molecule has 0 aliphatic heterocycles. The molecule has 0 bridgehead atoms. The lowest BCUT2D eigenvalue weighted by atomic mass is 10.1. The number of hydrogen-bond donors (Lipinski definition) is 0. The molecule has 0 aliphatic carbocycles. The Hall–Kier alpha value is -3.08. The van der Waals surface area contributed by atoms with Gasteiger partial charge in [-0.1, -0.05) is 6.07 Å². The minimum atomic E-state index is -0.179. The highest BCUT2D eigenvalue weighted by Crippen LogP contribution is 2.23. The molecule has 3 rings (SSSR count). The minimum absolute atomic E-state index is 0.0350. The monoisotopic (exact) mass is 350 g/mol. The fourth-order valence-electron chi connectivity index (χ4n) is 3.13. The van der Waals surface area contributed by atoms with Crippen LogP contribution in [0.2, 0.25) is 0 Å². The molecule has 1 aromatic carbocycles. The highest BCUT2D eigenvalue weighted by atomic mass is 16.5. The molecular formula is C21H22N2O3. The summed E-state index contributed by atoms with van der Waals surface area (Å²) in [5.74, 6) is 0.738. The number of carbonyl (C=O) groups excluding carboxylic acids is 1. The highest BCUT2D eigenvalue weighted by molar-refractivity contribution is 5.97. The minimum Gasteiger partial charge on any atom is -0.494 e. The lowest BCUT2D eigenvalue weighted by Gasteiger charge is -2.11. The van der Waals surface area contributed by atoms with Gasteiger partial charge >= 0.3 is 0 Å². The van der Waals surface area contributed by atoms with Gasteiger partial charge in [-0.15, -0.1) is 0 Å². The van der Waals surface area contributed by atoms with Gasteiger partial charge in [-0.05, 0) is 57.2 Å². The summed E-state index contributed by atoms with van der Waals surface area (Å²) in [6, 6.07) is 14.5. The van der Waals surface area contributed by atoms with E-state index in [2.05, 4.69) is 0 Å². The van der Waals surface area contributed by atoms with Crippen molar-refractivity contribution in [3.05, 3.63) is 82.0 Å². The summed E-state index contributed by atoms with van der Waals surface area (Å²) in [5.41, 5.74) is 3.25. The number of ether oxygens (including phenoxy) is 1. The quantitative estimate of drug-likeness (QED) is 0.639. The Morgan fingerprint density at radius 2 is 1.81 bits per heavy atom. The molecule has 5 heteroatoms. The molecule has 0 unspecified atom stereocenters. The molecule has 0 amide bonds. The van der Waals surface area contributed by atoms with E-state index in [0.29, 0.717) is 12.2 Å². The molecule has 5 nitrogen and oxygen atoms in total. The number of carbonyl (C=O) groups is 1. The van der Waals surface area contributed by atoms with Crippen molar-refractivity contribution >= 4 is 5.78 Å². The van der Waals surface area contributed by atoms with Crippen molar-refractivity contribution in [2.75, 3.05) is 6.61 Å². The average Bonchev–Trinajstić information content (AvgIpc) is 2.93. The van der Waals surface area contributed by atoms with E-state index in [4.69, 9.17) is 4.74 Å². The molecule has 0 saturated carbocycles. The summed E-state index contributed by atoms with van der Waals surface area (Å²) in [7, 11) is 0. The first kappa shape index (κ1) is 17.7. The van der Waals surface area contributed by atoms with Crippen LogP contribution >= 0.6 is 0 Å². The number of pyridine rings is 1. The number of aryl methyl sites for hydroxylation is 1. The summed E-state index contributed by atoms with van der Waals surface area (Å²) in [4.78, 5) is 24.6. The predicted molar refractivity (Wildman–Crippen MR) is 101 cm³/mol. The molecule has 2 aromatic heterocycles. The molecular weight excluding hydrogens is 328 g/mol. The van der Waals surface area contributed by atoms with Gasteiger partial charge in [0.1, 0.15) is 5.75 Å². The standard InChI is InChI=1S/C21H22N2O3/c1-4-26-18-10-8-17(9-11-18)23-15(2)13-19(16(23)3)20(24)14-22-12-6-5-7-21(22)25/h5-13H,4,14H2,1-3H3. The summed E-state index contributed by atoms with van der Waals surface area (Å²) >= 11 is 0. The van der Waals surface area contributed by atoms with Crippen LogP contribution in [-0.4, -0.2) is 21.5 Å². The summed E-state index contributed by atoms with van der Waals surface area (Å²) in [5, 5.41) is 0. The van der Waals surface area contributed by atoms with Gasteiger partial charge in [-0.3, -0.25) is 9.59 Å². The third kappa shape index (κ3) is 3.47. The molecule has 3 aromatic rings. The third-order valence-electron chi connectivity index (χ3n) is 4.35. The van der Waals surface area contributed by atoms with Crippen molar-refractivity contribution in [2.24, 2.45) is 0 Å². The van der Waals surface area contributed by atoms with Crippen molar-refractivity contribution < 1.29 is 9.53 Å². The molecule has 0 spiro atoms. The first-order valence-corrected chi connectivity index (χ1v) is 8.62. The van der Waals surface area contributed by atoms with Crippen molar-refractivity contribution in [2.45, 2.75) is 27.3 Å². The predicted octanol–water partition coefficient (Wildman–Crippen LogP) is 3.54. The summed E-state index contributed by atoms with van der Waals surface area (Å²) in [6.45, 7) is 6.50. The normalized spacial score (nSPS) is 10.7. The Balaban J connectivity index is 1.91. The second kappa shape index (κ2) is 7.44. The fraction of sp³-hybridized carbons (Fsp3) is 0.238. The Labute approximate surface area is 152 Å². The maximum atomic E-state index is 12.7. The van der Waals surface area contributed by atoms with E-state index in [0.717, 1.165) is 22.8 Å². The second-order valence-electron chi connectivity index (χ2n) is 6.14. The SMILES string of the molecule is CCOc1ccc(-n2c(C)cc(C(=O)Cn3ccccc3=O)c2C)cc1. The molecule has 26 heavy (non-hydrogen) atoms. The number of hydrogen-bond acceptors (Lipinski definition) is 3. The number of ketones is 1.